The van der Waals surface area contributed by atoms with Gasteiger partial charge in [0.1, 0.15) is 0 Å². The Labute approximate surface area is 135 Å². The number of ether oxygens (including phenoxy) is 2. The van der Waals surface area contributed by atoms with Crippen LogP contribution in [0.5, 0.6) is 11.5 Å². The van der Waals surface area contributed by atoms with Crippen molar-refractivity contribution in [3.05, 3.63) is 51.0 Å². The maximum absolute atomic E-state index is 12.3. The van der Waals surface area contributed by atoms with E-state index >= 15 is 0 Å². The van der Waals surface area contributed by atoms with Crippen molar-refractivity contribution in [3.63, 3.8) is 0 Å². The van der Waals surface area contributed by atoms with Gasteiger partial charge in [0.25, 0.3) is 5.91 Å². The zero-order valence-electron chi connectivity index (χ0n) is 11.1. The molecular weight excluding hydrogens is 358 g/mol. The molecule has 0 radical (unpaired) electrons. The van der Waals surface area contributed by atoms with Gasteiger partial charge in [-0.25, -0.2) is 0 Å². The Bertz CT molecular complexity index is 713. The van der Waals surface area contributed by atoms with E-state index in [4.69, 9.17) is 21.1 Å². The summed E-state index contributed by atoms with van der Waals surface area (Å²) >= 11 is 9.52. The van der Waals surface area contributed by atoms with Gasteiger partial charge in [0.2, 0.25) is 6.79 Å². The van der Waals surface area contributed by atoms with Gasteiger partial charge < -0.3 is 14.8 Å². The van der Waals surface area contributed by atoms with Crippen molar-refractivity contribution >= 4 is 39.1 Å². The lowest BCUT2D eigenvalue weighted by atomic mass is 10.1. The molecule has 6 heteroatoms. The van der Waals surface area contributed by atoms with E-state index in [0.717, 1.165) is 10.0 Å². The molecule has 1 aliphatic rings. The number of benzene rings is 2. The van der Waals surface area contributed by atoms with Gasteiger partial charge in [-0.2, -0.15) is 0 Å². The summed E-state index contributed by atoms with van der Waals surface area (Å²) in [5.74, 6) is 0.914. The summed E-state index contributed by atoms with van der Waals surface area (Å²) in [4.78, 5) is 12.3. The smallest absolute Gasteiger partial charge is 0.255 e. The summed E-state index contributed by atoms with van der Waals surface area (Å²) in [6.07, 6.45) is 0. The van der Waals surface area contributed by atoms with Gasteiger partial charge in [0, 0.05) is 22.2 Å². The van der Waals surface area contributed by atoms with E-state index in [2.05, 4.69) is 21.2 Å². The van der Waals surface area contributed by atoms with Crippen LogP contribution in [0.15, 0.2) is 34.8 Å². The molecule has 2 aromatic rings. The molecule has 4 nitrogen and oxygen atoms in total. The average Bonchev–Trinajstić information content (AvgIpc) is 2.85. The third-order valence-electron chi connectivity index (χ3n) is 3.01. The molecule has 0 saturated carbocycles. The summed E-state index contributed by atoms with van der Waals surface area (Å²) in [5.41, 5.74) is 2.03. The third-order valence-corrected chi connectivity index (χ3v) is 3.79. The third kappa shape index (κ3) is 2.99. The number of amides is 1. The van der Waals surface area contributed by atoms with Gasteiger partial charge in [-0.1, -0.05) is 27.5 Å². The number of rotatable bonds is 2. The number of halogens is 2. The van der Waals surface area contributed by atoms with E-state index in [9.17, 15) is 4.79 Å². The van der Waals surface area contributed by atoms with Crippen molar-refractivity contribution in [2.75, 3.05) is 12.1 Å². The predicted octanol–water partition coefficient (Wildman–Crippen LogP) is 4.39. The quantitative estimate of drug-likeness (QED) is 0.855. The van der Waals surface area contributed by atoms with Gasteiger partial charge in [-0.05, 0) is 30.7 Å². The van der Waals surface area contributed by atoms with Crippen LogP contribution in [0.4, 0.5) is 5.69 Å². The molecule has 2 aromatic carbocycles. The second-order valence-corrected chi connectivity index (χ2v) is 5.98. The molecule has 0 aromatic heterocycles. The largest absolute Gasteiger partial charge is 0.454 e. The van der Waals surface area contributed by atoms with Crippen molar-refractivity contribution in [1.29, 1.82) is 0 Å². The highest BCUT2D eigenvalue weighted by Gasteiger charge is 2.18. The second-order valence-electron chi connectivity index (χ2n) is 4.66. The standard InChI is InChI=1S/C15H11BrClNO3/c1-8-2-9(4-10(16)3-8)15(19)18-12-6-14-13(5-11(12)17)20-7-21-14/h2-6H,7H2,1H3,(H,18,19). The predicted molar refractivity (Wildman–Crippen MR) is 84.4 cm³/mol. The van der Waals surface area contributed by atoms with Crippen LogP contribution in [0, 0.1) is 6.92 Å². The average molecular weight is 369 g/mol. The van der Waals surface area contributed by atoms with Crippen molar-refractivity contribution in [2.24, 2.45) is 0 Å². The van der Waals surface area contributed by atoms with Crippen LogP contribution < -0.4 is 14.8 Å². The molecule has 0 spiro atoms. The number of fused-ring (bicyclic) bond motifs is 1. The minimum Gasteiger partial charge on any atom is -0.454 e. The zero-order valence-corrected chi connectivity index (χ0v) is 13.4. The summed E-state index contributed by atoms with van der Waals surface area (Å²) in [6, 6.07) is 8.79. The molecule has 0 unspecified atom stereocenters. The van der Waals surface area contributed by atoms with E-state index in [-0.39, 0.29) is 12.7 Å². The van der Waals surface area contributed by atoms with Crippen LogP contribution in [-0.4, -0.2) is 12.7 Å². The first kappa shape index (κ1) is 14.2. The normalized spacial score (nSPS) is 12.3. The fraction of sp³-hybridized carbons (Fsp3) is 0.133. The molecule has 1 N–H and O–H groups in total. The molecule has 3 rings (SSSR count). The van der Waals surface area contributed by atoms with Crippen LogP contribution in [0.1, 0.15) is 15.9 Å². The number of hydrogen-bond donors (Lipinski definition) is 1. The van der Waals surface area contributed by atoms with Crippen LogP contribution in [0.25, 0.3) is 0 Å². The van der Waals surface area contributed by atoms with Gasteiger partial charge in [-0.3, -0.25) is 4.79 Å². The van der Waals surface area contributed by atoms with E-state index in [1.807, 2.05) is 13.0 Å². The highest BCUT2D eigenvalue weighted by Crippen LogP contribution is 2.39. The van der Waals surface area contributed by atoms with Crippen molar-refractivity contribution in [2.45, 2.75) is 6.92 Å². The maximum Gasteiger partial charge on any atom is 0.255 e. The lowest BCUT2D eigenvalue weighted by molar-refractivity contribution is 0.102. The fourth-order valence-electron chi connectivity index (χ4n) is 2.07. The van der Waals surface area contributed by atoms with Gasteiger partial charge in [-0.15, -0.1) is 0 Å². The Morgan fingerprint density at radius 1 is 1.19 bits per heavy atom. The summed E-state index contributed by atoms with van der Waals surface area (Å²) in [5, 5.41) is 3.19. The molecule has 0 saturated heterocycles. The molecule has 0 aliphatic carbocycles. The van der Waals surface area contributed by atoms with E-state index in [1.165, 1.54) is 0 Å². The van der Waals surface area contributed by atoms with E-state index in [1.54, 1.807) is 24.3 Å². The highest BCUT2D eigenvalue weighted by molar-refractivity contribution is 9.10. The SMILES string of the molecule is Cc1cc(Br)cc(C(=O)Nc2cc3c(cc2Cl)OCO3)c1. The number of carbonyl (C=O) groups excluding carboxylic acids is 1. The van der Waals surface area contributed by atoms with Gasteiger partial charge in [0.05, 0.1) is 10.7 Å². The molecule has 21 heavy (non-hydrogen) atoms. The number of anilines is 1. The lowest BCUT2D eigenvalue weighted by Gasteiger charge is -2.09. The minimum atomic E-state index is -0.236. The molecule has 0 fully saturated rings. The topological polar surface area (TPSA) is 47.6 Å². The molecule has 0 bridgehead atoms. The monoisotopic (exact) mass is 367 g/mol. The molecule has 108 valence electrons. The number of nitrogens with one attached hydrogen (secondary N) is 1. The van der Waals surface area contributed by atoms with Crippen molar-refractivity contribution in [1.82, 2.24) is 0 Å². The van der Waals surface area contributed by atoms with Crippen LogP contribution in [0.2, 0.25) is 5.02 Å². The summed E-state index contributed by atoms with van der Waals surface area (Å²) in [7, 11) is 0. The first-order chi connectivity index (χ1) is 10.0. The summed E-state index contributed by atoms with van der Waals surface area (Å²) in [6.45, 7) is 2.09. The molecule has 1 aliphatic heterocycles. The number of hydrogen-bond acceptors (Lipinski definition) is 3. The Kier molecular flexibility index (Phi) is 3.78. The maximum atomic E-state index is 12.3. The lowest BCUT2D eigenvalue weighted by Crippen LogP contribution is -2.12. The van der Waals surface area contributed by atoms with Crippen molar-refractivity contribution in [3.8, 4) is 11.5 Å². The number of carbonyl (C=O) groups is 1. The first-order valence-corrected chi connectivity index (χ1v) is 7.38. The molecule has 0 atom stereocenters. The molecule has 1 amide bonds. The van der Waals surface area contributed by atoms with E-state index < -0.39 is 0 Å². The Morgan fingerprint density at radius 3 is 2.62 bits per heavy atom. The van der Waals surface area contributed by atoms with Crippen LogP contribution >= 0.6 is 27.5 Å². The Morgan fingerprint density at radius 2 is 1.90 bits per heavy atom. The minimum absolute atomic E-state index is 0.161. The zero-order chi connectivity index (χ0) is 15.0. The Hall–Kier alpha value is -1.72. The fourth-order valence-corrected chi connectivity index (χ4v) is 2.88. The molecule has 1 heterocycles. The van der Waals surface area contributed by atoms with Gasteiger partial charge in [0.15, 0.2) is 11.5 Å². The first-order valence-electron chi connectivity index (χ1n) is 6.20. The highest BCUT2D eigenvalue weighted by atomic mass is 79.9. The van der Waals surface area contributed by atoms with Gasteiger partial charge >= 0.3 is 0 Å². The van der Waals surface area contributed by atoms with Crippen LogP contribution in [-0.2, 0) is 0 Å². The van der Waals surface area contributed by atoms with Crippen LogP contribution in [0.3, 0.4) is 0 Å². The Balaban J connectivity index is 1.88. The number of aryl methyl sites for hydroxylation is 1. The second kappa shape index (κ2) is 5.58. The summed E-state index contributed by atoms with van der Waals surface area (Å²) < 4.78 is 11.4. The van der Waals surface area contributed by atoms with Crippen molar-refractivity contribution < 1.29 is 14.3 Å². The van der Waals surface area contributed by atoms with E-state index in [0.29, 0.717) is 27.8 Å². The molecular formula is C15H11BrClNO3.